The SMILES string of the molecule is COc1ccc(OCc2nn3cc(CC(=O)O)nc3s2)cc1. The zero-order valence-corrected chi connectivity index (χ0v) is 12.5. The summed E-state index contributed by atoms with van der Waals surface area (Å²) in [5.41, 5.74) is 0.494. The molecular formula is C14H13N3O4S. The smallest absolute Gasteiger partial charge is 0.309 e. The quantitative estimate of drug-likeness (QED) is 0.748. The topological polar surface area (TPSA) is 86.0 Å². The second-order valence-electron chi connectivity index (χ2n) is 4.49. The molecule has 8 heteroatoms. The fraction of sp³-hybridized carbons (Fsp3) is 0.214. The molecule has 0 amide bonds. The lowest BCUT2D eigenvalue weighted by Gasteiger charge is -2.04. The maximum Gasteiger partial charge on any atom is 0.309 e. The van der Waals surface area contributed by atoms with E-state index in [0.29, 0.717) is 17.3 Å². The summed E-state index contributed by atoms with van der Waals surface area (Å²) in [5.74, 6) is 0.583. The number of rotatable bonds is 6. The van der Waals surface area contributed by atoms with Crippen LogP contribution in [0.15, 0.2) is 30.5 Å². The van der Waals surface area contributed by atoms with Gasteiger partial charge in [0, 0.05) is 0 Å². The van der Waals surface area contributed by atoms with Gasteiger partial charge >= 0.3 is 5.97 Å². The minimum atomic E-state index is -0.909. The van der Waals surface area contributed by atoms with Crippen molar-refractivity contribution in [2.75, 3.05) is 7.11 Å². The highest BCUT2D eigenvalue weighted by atomic mass is 32.1. The maximum absolute atomic E-state index is 10.6. The summed E-state index contributed by atoms with van der Waals surface area (Å²) in [7, 11) is 1.61. The number of ether oxygens (including phenoxy) is 2. The van der Waals surface area contributed by atoms with Crippen LogP contribution in [0.5, 0.6) is 11.5 Å². The minimum Gasteiger partial charge on any atom is -0.497 e. The van der Waals surface area contributed by atoms with Crippen LogP contribution >= 0.6 is 11.3 Å². The molecule has 114 valence electrons. The number of nitrogens with zero attached hydrogens (tertiary/aromatic N) is 3. The highest BCUT2D eigenvalue weighted by Gasteiger charge is 2.11. The third-order valence-electron chi connectivity index (χ3n) is 2.89. The van der Waals surface area contributed by atoms with Crippen molar-refractivity contribution >= 4 is 22.3 Å². The van der Waals surface area contributed by atoms with E-state index >= 15 is 0 Å². The summed E-state index contributed by atoms with van der Waals surface area (Å²) in [5, 5.41) is 13.8. The Morgan fingerprint density at radius 2 is 2.05 bits per heavy atom. The van der Waals surface area contributed by atoms with Gasteiger partial charge in [0.05, 0.1) is 25.4 Å². The monoisotopic (exact) mass is 319 g/mol. The molecule has 7 nitrogen and oxygen atoms in total. The number of methoxy groups -OCH3 is 1. The molecule has 0 saturated heterocycles. The molecule has 3 rings (SSSR count). The van der Waals surface area contributed by atoms with Crippen LogP contribution in [0.4, 0.5) is 0 Å². The molecule has 3 aromatic rings. The number of carboxylic acid groups (broad SMARTS) is 1. The van der Waals surface area contributed by atoms with Gasteiger partial charge < -0.3 is 14.6 Å². The van der Waals surface area contributed by atoms with Gasteiger partial charge in [-0.1, -0.05) is 11.3 Å². The van der Waals surface area contributed by atoms with E-state index in [0.717, 1.165) is 16.5 Å². The third-order valence-corrected chi connectivity index (χ3v) is 3.79. The normalized spacial score (nSPS) is 10.8. The Bertz CT molecular complexity index is 763. The van der Waals surface area contributed by atoms with Crippen LogP contribution in [0.25, 0.3) is 4.96 Å². The largest absolute Gasteiger partial charge is 0.497 e. The van der Waals surface area contributed by atoms with Gasteiger partial charge in [-0.3, -0.25) is 4.79 Å². The average molecular weight is 319 g/mol. The lowest BCUT2D eigenvalue weighted by molar-refractivity contribution is -0.136. The highest BCUT2D eigenvalue weighted by molar-refractivity contribution is 7.16. The molecule has 0 saturated carbocycles. The molecule has 0 aliphatic heterocycles. The van der Waals surface area contributed by atoms with Crippen molar-refractivity contribution in [1.82, 2.24) is 14.6 Å². The number of carboxylic acids is 1. The summed E-state index contributed by atoms with van der Waals surface area (Å²) >= 11 is 1.37. The van der Waals surface area contributed by atoms with Crippen molar-refractivity contribution in [2.24, 2.45) is 0 Å². The lowest BCUT2D eigenvalue weighted by Crippen LogP contribution is -2.00. The van der Waals surface area contributed by atoms with Crippen molar-refractivity contribution in [1.29, 1.82) is 0 Å². The van der Waals surface area contributed by atoms with E-state index in [1.54, 1.807) is 17.8 Å². The molecule has 22 heavy (non-hydrogen) atoms. The first-order chi connectivity index (χ1) is 10.6. The molecular weight excluding hydrogens is 306 g/mol. The summed E-state index contributed by atoms with van der Waals surface area (Å²) in [6.45, 7) is 0.328. The number of hydrogen-bond acceptors (Lipinski definition) is 6. The number of aliphatic carboxylic acids is 1. The van der Waals surface area contributed by atoms with E-state index in [1.807, 2.05) is 24.3 Å². The zero-order chi connectivity index (χ0) is 15.5. The van der Waals surface area contributed by atoms with E-state index in [2.05, 4.69) is 10.1 Å². The van der Waals surface area contributed by atoms with Gasteiger partial charge in [0.25, 0.3) is 0 Å². The Hall–Kier alpha value is -2.61. The van der Waals surface area contributed by atoms with Crippen molar-refractivity contribution in [3.8, 4) is 11.5 Å². The molecule has 0 aliphatic carbocycles. The van der Waals surface area contributed by atoms with Crippen molar-refractivity contribution in [3.05, 3.63) is 41.2 Å². The Kier molecular flexibility index (Phi) is 3.92. The lowest BCUT2D eigenvalue weighted by atomic mass is 10.3. The van der Waals surface area contributed by atoms with E-state index in [4.69, 9.17) is 14.6 Å². The van der Waals surface area contributed by atoms with Crippen molar-refractivity contribution in [2.45, 2.75) is 13.0 Å². The second kappa shape index (κ2) is 6.02. The zero-order valence-electron chi connectivity index (χ0n) is 11.7. The summed E-state index contributed by atoms with van der Waals surface area (Å²) in [6, 6.07) is 7.29. The summed E-state index contributed by atoms with van der Waals surface area (Å²) < 4.78 is 12.3. The predicted molar refractivity (Wildman–Crippen MR) is 79.5 cm³/mol. The first-order valence-corrected chi connectivity index (χ1v) is 7.28. The third kappa shape index (κ3) is 3.17. The Morgan fingerprint density at radius 1 is 1.32 bits per heavy atom. The van der Waals surface area contributed by atoms with Crippen molar-refractivity contribution < 1.29 is 19.4 Å². The molecule has 0 atom stereocenters. The molecule has 0 bridgehead atoms. The first-order valence-electron chi connectivity index (χ1n) is 6.46. The molecule has 0 spiro atoms. The van der Waals surface area contributed by atoms with Gasteiger partial charge in [-0.25, -0.2) is 9.50 Å². The number of fused-ring (bicyclic) bond motifs is 1. The number of carbonyl (C=O) groups is 1. The number of benzene rings is 1. The Balaban J connectivity index is 1.66. The molecule has 2 aromatic heterocycles. The molecule has 2 heterocycles. The van der Waals surface area contributed by atoms with Crippen LogP contribution in [0.3, 0.4) is 0 Å². The first kappa shape index (κ1) is 14.3. The molecule has 0 aliphatic rings. The molecule has 0 unspecified atom stereocenters. The van der Waals surface area contributed by atoms with Gasteiger partial charge in [0.15, 0.2) is 5.01 Å². The van der Waals surface area contributed by atoms with Gasteiger partial charge in [-0.2, -0.15) is 5.10 Å². The Labute approximate surface area is 129 Å². The van der Waals surface area contributed by atoms with Gasteiger partial charge in [-0.15, -0.1) is 0 Å². The van der Waals surface area contributed by atoms with Crippen LogP contribution in [0.1, 0.15) is 10.7 Å². The summed E-state index contributed by atoms with van der Waals surface area (Å²) in [4.78, 5) is 15.5. The minimum absolute atomic E-state index is 0.103. The van der Waals surface area contributed by atoms with E-state index in [9.17, 15) is 4.79 Å². The maximum atomic E-state index is 10.6. The van der Waals surface area contributed by atoms with Crippen LogP contribution in [-0.4, -0.2) is 32.8 Å². The van der Waals surface area contributed by atoms with Gasteiger partial charge in [0.1, 0.15) is 18.1 Å². The van der Waals surface area contributed by atoms with Crippen LogP contribution in [-0.2, 0) is 17.8 Å². The predicted octanol–water partition coefficient (Wildman–Crippen LogP) is 2.01. The van der Waals surface area contributed by atoms with Crippen LogP contribution in [0, 0.1) is 0 Å². The summed E-state index contributed by atoms with van der Waals surface area (Å²) in [6.07, 6.45) is 1.52. The van der Waals surface area contributed by atoms with Crippen molar-refractivity contribution in [3.63, 3.8) is 0 Å². The number of imidazole rings is 1. The molecule has 1 N–H and O–H groups in total. The van der Waals surface area contributed by atoms with E-state index < -0.39 is 5.97 Å². The van der Waals surface area contributed by atoms with Crippen LogP contribution in [0.2, 0.25) is 0 Å². The number of aromatic nitrogens is 3. The average Bonchev–Trinajstić information content (AvgIpc) is 3.02. The molecule has 1 aromatic carbocycles. The van der Waals surface area contributed by atoms with Gasteiger partial charge in [0.2, 0.25) is 4.96 Å². The highest BCUT2D eigenvalue weighted by Crippen LogP contribution is 2.20. The van der Waals surface area contributed by atoms with Gasteiger partial charge in [-0.05, 0) is 24.3 Å². The van der Waals surface area contributed by atoms with E-state index in [-0.39, 0.29) is 6.42 Å². The molecule has 0 radical (unpaired) electrons. The second-order valence-corrected chi connectivity index (χ2v) is 5.53. The fourth-order valence-corrected chi connectivity index (χ4v) is 2.71. The van der Waals surface area contributed by atoms with Crippen LogP contribution < -0.4 is 9.47 Å². The standard InChI is InChI=1S/C14H13N3O4S/c1-20-10-2-4-11(5-3-10)21-8-12-16-17-7-9(6-13(18)19)15-14(17)22-12/h2-5,7H,6,8H2,1H3,(H,18,19). The number of hydrogen-bond donors (Lipinski definition) is 1. The molecule has 0 fully saturated rings. The fourth-order valence-electron chi connectivity index (χ4n) is 1.90. The van der Waals surface area contributed by atoms with E-state index in [1.165, 1.54) is 11.3 Å². The Morgan fingerprint density at radius 3 is 2.68 bits per heavy atom.